The molecule has 0 aliphatic heterocycles. The minimum atomic E-state index is -0.935. The number of alkyl halides is 1. The molecule has 0 aliphatic rings. The van der Waals surface area contributed by atoms with E-state index in [0.29, 0.717) is 22.9 Å². The maximum atomic E-state index is 11.8. The standard InChI is InChI=1S/C11H10Br2O3/c12-4-3-10(14)9-6-8(13)2-1-7(9)5-11(15)16/h1-2,6H,3-5H2,(H,15,16). The van der Waals surface area contributed by atoms with E-state index in [1.807, 2.05) is 0 Å². The van der Waals surface area contributed by atoms with Crippen LogP contribution < -0.4 is 0 Å². The highest BCUT2D eigenvalue weighted by Gasteiger charge is 2.13. The van der Waals surface area contributed by atoms with Crippen molar-refractivity contribution in [3.05, 3.63) is 33.8 Å². The van der Waals surface area contributed by atoms with Crippen LogP contribution in [0.4, 0.5) is 0 Å². The first kappa shape index (κ1) is 13.4. The number of carboxylic acids is 1. The molecule has 0 saturated carbocycles. The van der Waals surface area contributed by atoms with Gasteiger partial charge in [0.25, 0.3) is 0 Å². The van der Waals surface area contributed by atoms with E-state index in [0.717, 1.165) is 4.47 Å². The molecule has 0 spiro atoms. The van der Waals surface area contributed by atoms with E-state index in [1.165, 1.54) is 0 Å². The zero-order chi connectivity index (χ0) is 12.1. The van der Waals surface area contributed by atoms with Crippen molar-refractivity contribution in [2.45, 2.75) is 12.8 Å². The van der Waals surface area contributed by atoms with E-state index < -0.39 is 5.97 Å². The summed E-state index contributed by atoms with van der Waals surface area (Å²) in [6.07, 6.45) is 0.236. The van der Waals surface area contributed by atoms with Gasteiger partial charge in [0.15, 0.2) is 5.78 Å². The predicted octanol–water partition coefficient (Wildman–Crippen LogP) is 3.04. The first-order chi connectivity index (χ1) is 7.54. The maximum absolute atomic E-state index is 11.8. The lowest BCUT2D eigenvalue weighted by molar-refractivity contribution is -0.136. The third-order valence-electron chi connectivity index (χ3n) is 2.04. The summed E-state index contributed by atoms with van der Waals surface area (Å²) in [5.41, 5.74) is 1.04. The number of benzene rings is 1. The lowest BCUT2D eigenvalue weighted by Crippen LogP contribution is -2.08. The van der Waals surface area contributed by atoms with Crippen LogP contribution in [0.1, 0.15) is 22.3 Å². The average molecular weight is 350 g/mol. The molecule has 3 nitrogen and oxygen atoms in total. The summed E-state index contributed by atoms with van der Waals surface area (Å²) in [6, 6.07) is 5.08. The summed E-state index contributed by atoms with van der Waals surface area (Å²) in [7, 11) is 0. The number of rotatable bonds is 5. The van der Waals surface area contributed by atoms with Gasteiger partial charge in [-0.05, 0) is 17.7 Å². The maximum Gasteiger partial charge on any atom is 0.307 e. The molecule has 1 aromatic carbocycles. The molecule has 0 unspecified atom stereocenters. The number of hydrogen-bond donors (Lipinski definition) is 1. The zero-order valence-electron chi connectivity index (χ0n) is 8.37. The topological polar surface area (TPSA) is 54.4 Å². The van der Waals surface area contributed by atoms with E-state index in [4.69, 9.17) is 5.11 Å². The highest BCUT2D eigenvalue weighted by Crippen LogP contribution is 2.19. The van der Waals surface area contributed by atoms with Crippen LogP contribution in [0.5, 0.6) is 0 Å². The van der Waals surface area contributed by atoms with Gasteiger partial charge in [-0.15, -0.1) is 0 Å². The SMILES string of the molecule is O=C(O)Cc1ccc(Br)cc1C(=O)CCBr. The number of carboxylic acid groups (broad SMARTS) is 1. The molecule has 0 amide bonds. The van der Waals surface area contributed by atoms with E-state index in [1.54, 1.807) is 18.2 Å². The Morgan fingerprint density at radius 1 is 1.31 bits per heavy atom. The van der Waals surface area contributed by atoms with Gasteiger partial charge in [0.1, 0.15) is 0 Å². The van der Waals surface area contributed by atoms with Crippen molar-refractivity contribution in [1.82, 2.24) is 0 Å². The Morgan fingerprint density at radius 2 is 2.00 bits per heavy atom. The van der Waals surface area contributed by atoms with Crippen molar-refractivity contribution in [1.29, 1.82) is 0 Å². The van der Waals surface area contributed by atoms with Crippen LogP contribution in [0.25, 0.3) is 0 Å². The van der Waals surface area contributed by atoms with Gasteiger partial charge < -0.3 is 5.11 Å². The number of carbonyl (C=O) groups is 2. The number of carbonyl (C=O) groups excluding carboxylic acids is 1. The van der Waals surface area contributed by atoms with Crippen molar-refractivity contribution in [3.63, 3.8) is 0 Å². The molecular weight excluding hydrogens is 340 g/mol. The largest absolute Gasteiger partial charge is 0.481 e. The zero-order valence-corrected chi connectivity index (χ0v) is 11.5. The molecule has 1 aromatic rings. The van der Waals surface area contributed by atoms with Crippen molar-refractivity contribution >= 4 is 43.6 Å². The Balaban J connectivity index is 3.07. The van der Waals surface area contributed by atoms with Gasteiger partial charge in [0, 0.05) is 21.8 Å². The second-order valence-electron chi connectivity index (χ2n) is 3.23. The van der Waals surface area contributed by atoms with Crippen LogP contribution in [0, 0.1) is 0 Å². The van der Waals surface area contributed by atoms with Gasteiger partial charge >= 0.3 is 5.97 Å². The van der Waals surface area contributed by atoms with E-state index >= 15 is 0 Å². The minimum Gasteiger partial charge on any atom is -0.481 e. The monoisotopic (exact) mass is 348 g/mol. The molecule has 0 atom stereocenters. The van der Waals surface area contributed by atoms with Crippen molar-refractivity contribution in [3.8, 4) is 0 Å². The van der Waals surface area contributed by atoms with Gasteiger partial charge in [-0.2, -0.15) is 0 Å². The van der Waals surface area contributed by atoms with Crippen LogP contribution in [-0.4, -0.2) is 22.2 Å². The lowest BCUT2D eigenvalue weighted by Gasteiger charge is -2.06. The van der Waals surface area contributed by atoms with Crippen molar-refractivity contribution in [2.75, 3.05) is 5.33 Å². The van der Waals surface area contributed by atoms with Gasteiger partial charge in [-0.25, -0.2) is 0 Å². The molecule has 0 radical (unpaired) electrons. The summed E-state index contributed by atoms with van der Waals surface area (Å²) >= 11 is 6.46. The first-order valence-electron chi connectivity index (χ1n) is 4.64. The number of hydrogen-bond acceptors (Lipinski definition) is 2. The van der Waals surface area contributed by atoms with Gasteiger partial charge in [0.2, 0.25) is 0 Å². The number of ketones is 1. The summed E-state index contributed by atoms with van der Waals surface area (Å²) in [6.45, 7) is 0. The third-order valence-corrected chi connectivity index (χ3v) is 2.93. The van der Waals surface area contributed by atoms with Crippen molar-refractivity contribution in [2.24, 2.45) is 0 Å². The van der Waals surface area contributed by atoms with E-state index in [9.17, 15) is 9.59 Å². The fourth-order valence-electron chi connectivity index (χ4n) is 1.35. The molecule has 0 aliphatic carbocycles. The molecule has 86 valence electrons. The molecule has 1 N–H and O–H groups in total. The highest BCUT2D eigenvalue weighted by atomic mass is 79.9. The molecule has 1 rings (SSSR count). The molecule has 0 heterocycles. The Labute approximate surface area is 110 Å². The molecule has 0 aromatic heterocycles. The Hall–Kier alpha value is -0.680. The normalized spacial score (nSPS) is 10.1. The molecular formula is C11H10Br2O3. The summed E-state index contributed by atoms with van der Waals surface area (Å²) in [5, 5.41) is 9.31. The van der Waals surface area contributed by atoms with E-state index in [-0.39, 0.29) is 12.2 Å². The Bertz CT molecular complexity index is 416. The van der Waals surface area contributed by atoms with Crippen LogP contribution in [-0.2, 0) is 11.2 Å². The average Bonchev–Trinajstić information content (AvgIpc) is 2.20. The van der Waals surface area contributed by atoms with E-state index in [2.05, 4.69) is 31.9 Å². The summed E-state index contributed by atoms with van der Waals surface area (Å²) in [4.78, 5) is 22.4. The fraction of sp³-hybridized carbons (Fsp3) is 0.273. The molecule has 0 fully saturated rings. The van der Waals surface area contributed by atoms with Crippen LogP contribution in [0.3, 0.4) is 0 Å². The van der Waals surface area contributed by atoms with Crippen LogP contribution >= 0.6 is 31.9 Å². The predicted molar refractivity (Wildman–Crippen MR) is 68.2 cm³/mol. The quantitative estimate of drug-likeness (QED) is 0.656. The number of Topliss-reactive ketones (excluding diaryl/α,β-unsaturated/α-hetero) is 1. The number of halogens is 2. The van der Waals surface area contributed by atoms with Crippen LogP contribution in [0.2, 0.25) is 0 Å². The second-order valence-corrected chi connectivity index (χ2v) is 4.94. The first-order valence-corrected chi connectivity index (χ1v) is 6.55. The van der Waals surface area contributed by atoms with Gasteiger partial charge in [-0.1, -0.05) is 37.9 Å². The lowest BCUT2D eigenvalue weighted by atomic mass is 10.00. The summed E-state index contributed by atoms with van der Waals surface area (Å²) < 4.78 is 0.777. The van der Waals surface area contributed by atoms with Gasteiger partial charge in [0.05, 0.1) is 6.42 Å². The highest BCUT2D eigenvalue weighted by molar-refractivity contribution is 9.10. The molecule has 0 bridgehead atoms. The minimum absolute atomic E-state index is 0.0468. The Morgan fingerprint density at radius 3 is 2.56 bits per heavy atom. The third kappa shape index (κ3) is 3.72. The fourth-order valence-corrected chi connectivity index (χ4v) is 2.07. The molecule has 16 heavy (non-hydrogen) atoms. The number of aliphatic carboxylic acids is 1. The van der Waals surface area contributed by atoms with Gasteiger partial charge in [-0.3, -0.25) is 9.59 Å². The second kappa shape index (κ2) is 6.15. The molecule has 5 heteroatoms. The summed E-state index contributed by atoms with van der Waals surface area (Å²) in [5.74, 6) is -0.982. The molecule has 0 saturated heterocycles. The van der Waals surface area contributed by atoms with Crippen LogP contribution in [0.15, 0.2) is 22.7 Å². The smallest absolute Gasteiger partial charge is 0.307 e. The van der Waals surface area contributed by atoms with Crippen molar-refractivity contribution < 1.29 is 14.7 Å². The Kier molecular flexibility index (Phi) is 5.15.